The predicted octanol–water partition coefficient (Wildman–Crippen LogP) is 3.35. The van der Waals surface area contributed by atoms with Crippen molar-refractivity contribution in [2.24, 2.45) is 5.92 Å². The van der Waals surface area contributed by atoms with E-state index in [9.17, 15) is 18.0 Å². The molecule has 0 spiro atoms. The topological polar surface area (TPSA) is 37.3 Å². The van der Waals surface area contributed by atoms with Gasteiger partial charge in [-0.3, -0.25) is 4.79 Å². The molecule has 1 aromatic rings. The zero-order valence-corrected chi connectivity index (χ0v) is 9.81. The van der Waals surface area contributed by atoms with E-state index in [-0.39, 0.29) is 0 Å². The van der Waals surface area contributed by atoms with Crippen molar-refractivity contribution in [3.63, 3.8) is 0 Å². The highest BCUT2D eigenvalue weighted by molar-refractivity contribution is 7.99. The van der Waals surface area contributed by atoms with Crippen LogP contribution in [0.4, 0.5) is 13.2 Å². The Bertz CT molecular complexity index is 404. The van der Waals surface area contributed by atoms with Gasteiger partial charge in [0, 0.05) is 10.6 Å². The minimum absolute atomic E-state index is 0.510. The third-order valence-electron chi connectivity index (χ3n) is 2.19. The summed E-state index contributed by atoms with van der Waals surface area (Å²) >= 11 is 0.910. The third-order valence-corrected chi connectivity index (χ3v) is 3.46. The summed E-state index contributed by atoms with van der Waals surface area (Å²) in [5.41, 5.74) is 0.837. The number of benzene rings is 1. The molecule has 17 heavy (non-hydrogen) atoms. The standard InChI is InChI=1S/C11H11F3O2S/c1-7-4-2-3-5-9(7)17-6-8(10(15)16)11(12,13)14/h2-5,8H,6H2,1H3,(H,15,16). The average molecular weight is 264 g/mol. The van der Waals surface area contributed by atoms with Crippen molar-refractivity contribution in [3.05, 3.63) is 29.8 Å². The van der Waals surface area contributed by atoms with Crippen molar-refractivity contribution in [2.75, 3.05) is 5.75 Å². The SMILES string of the molecule is Cc1ccccc1SCC(C(=O)O)C(F)(F)F. The van der Waals surface area contributed by atoms with Crippen molar-refractivity contribution >= 4 is 17.7 Å². The normalized spacial score (nSPS) is 13.4. The molecule has 94 valence electrons. The van der Waals surface area contributed by atoms with Crippen LogP contribution in [0.5, 0.6) is 0 Å². The lowest BCUT2D eigenvalue weighted by molar-refractivity contribution is -0.188. The smallest absolute Gasteiger partial charge is 0.403 e. The van der Waals surface area contributed by atoms with Gasteiger partial charge in [-0.1, -0.05) is 18.2 Å². The summed E-state index contributed by atoms with van der Waals surface area (Å²) in [6.45, 7) is 1.77. The number of carboxylic acids is 1. The lowest BCUT2D eigenvalue weighted by atomic mass is 10.2. The number of carboxylic acid groups (broad SMARTS) is 1. The fourth-order valence-electron chi connectivity index (χ4n) is 1.20. The minimum Gasteiger partial charge on any atom is -0.481 e. The maximum atomic E-state index is 12.4. The molecule has 0 radical (unpaired) electrons. The van der Waals surface area contributed by atoms with Crippen LogP contribution < -0.4 is 0 Å². The molecule has 0 aromatic heterocycles. The number of aliphatic carboxylic acids is 1. The Labute approximate surface area is 101 Å². The van der Waals surface area contributed by atoms with Crippen molar-refractivity contribution < 1.29 is 23.1 Å². The first-order chi connectivity index (χ1) is 7.82. The molecule has 1 atom stereocenters. The van der Waals surface area contributed by atoms with Crippen LogP contribution >= 0.6 is 11.8 Å². The van der Waals surface area contributed by atoms with Gasteiger partial charge in [0.15, 0.2) is 5.92 Å². The van der Waals surface area contributed by atoms with Crippen LogP contribution in [0.2, 0.25) is 0 Å². The highest BCUT2D eigenvalue weighted by Gasteiger charge is 2.44. The minimum atomic E-state index is -4.71. The fourth-order valence-corrected chi connectivity index (χ4v) is 2.35. The maximum absolute atomic E-state index is 12.4. The summed E-state index contributed by atoms with van der Waals surface area (Å²) in [6.07, 6.45) is -4.71. The molecule has 1 N–H and O–H groups in total. The molecule has 0 bridgehead atoms. The molecule has 1 unspecified atom stereocenters. The Balaban J connectivity index is 2.72. The van der Waals surface area contributed by atoms with E-state index in [2.05, 4.69) is 0 Å². The van der Waals surface area contributed by atoms with Gasteiger partial charge in [-0.2, -0.15) is 13.2 Å². The predicted molar refractivity (Wildman–Crippen MR) is 59.1 cm³/mol. The molecule has 0 heterocycles. The van der Waals surface area contributed by atoms with E-state index in [1.807, 2.05) is 0 Å². The van der Waals surface area contributed by atoms with E-state index >= 15 is 0 Å². The van der Waals surface area contributed by atoms with E-state index in [4.69, 9.17) is 5.11 Å². The first-order valence-corrected chi connectivity index (χ1v) is 5.79. The number of hydrogen-bond donors (Lipinski definition) is 1. The van der Waals surface area contributed by atoms with E-state index in [0.29, 0.717) is 4.90 Å². The largest absolute Gasteiger partial charge is 0.481 e. The average Bonchev–Trinajstić information content (AvgIpc) is 2.18. The molecule has 6 heteroatoms. The number of carbonyl (C=O) groups is 1. The zero-order valence-electron chi connectivity index (χ0n) is 8.99. The monoisotopic (exact) mass is 264 g/mol. The van der Waals surface area contributed by atoms with Crippen molar-refractivity contribution in [2.45, 2.75) is 18.0 Å². The molecule has 0 fully saturated rings. The number of halogens is 3. The van der Waals surface area contributed by atoms with Crippen LogP contribution in [-0.4, -0.2) is 23.0 Å². The molecule has 0 saturated heterocycles. The maximum Gasteiger partial charge on any atom is 0.403 e. The second kappa shape index (κ2) is 5.44. The van der Waals surface area contributed by atoms with Crippen LogP contribution in [-0.2, 0) is 4.79 Å². The van der Waals surface area contributed by atoms with Crippen LogP contribution in [0.1, 0.15) is 5.56 Å². The van der Waals surface area contributed by atoms with Gasteiger partial charge >= 0.3 is 12.1 Å². The van der Waals surface area contributed by atoms with Gasteiger partial charge in [-0.05, 0) is 18.6 Å². The number of alkyl halides is 3. The van der Waals surface area contributed by atoms with E-state index in [0.717, 1.165) is 17.3 Å². The van der Waals surface area contributed by atoms with Crippen LogP contribution in [0.3, 0.4) is 0 Å². The molecular weight excluding hydrogens is 253 g/mol. The Morgan fingerprint density at radius 1 is 1.41 bits per heavy atom. The van der Waals surface area contributed by atoms with E-state index < -0.39 is 23.8 Å². The van der Waals surface area contributed by atoms with Gasteiger partial charge in [0.1, 0.15) is 0 Å². The molecule has 0 amide bonds. The molecule has 1 aromatic carbocycles. The fraction of sp³-hybridized carbons (Fsp3) is 0.364. The van der Waals surface area contributed by atoms with Crippen LogP contribution in [0.15, 0.2) is 29.2 Å². The summed E-state index contributed by atoms with van der Waals surface area (Å²) in [7, 11) is 0. The second-order valence-corrected chi connectivity index (χ2v) is 4.57. The molecule has 0 aliphatic carbocycles. The zero-order chi connectivity index (χ0) is 13.1. The van der Waals surface area contributed by atoms with E-state index in [1.54, 1.807) is 31.2 Å². The molecular formula is C11H11F3O2S. The quantitative estimate of drug-likeness (QED) is 0.847. The first kappa shape index (κ1) is 13.9. The van der Waals surface area contributed by atoms with E-state index in [1.165, 1.54) is 0 Å². The molecule has 0 saturated carbocycles. The Morgan fingerprint density at radius 3 is 2.47 bits per heavy atom. The van der Waals surface area contributed by atoms with Crippen LogP contribution in [0.25, 0.3) is 0 Å². The lowest BCUT2D eigenvalue weighted by Crippen LogP contribution is -2.32. The lowest BCUT2D eigenvalue weighted by Gasteiger charge is -2.15. The van der Waals surface area contributed by atoms with Gasteiger partial charge in [-0.15, -0.1) is 11.8 Å². The highest BCUT2D eigenvalue weighted by Crippen LogP contribution is 2.32. The van der Waals surface area contributed by atoms with Gasteiger partial charge in [0.2, 0.25) is 0 Å². The summed E-state index contributed by atoms with van der Waals surface area (Å²) in [4.78, 5) is 11.2. The summed E-state index contributed by atoms with van der Waals surface area (Å²) < 4.78 is 37.1. The number of thioether (sulfide) groups is 1. The highest BCUT2D eigenvalue weighted by atomic mass is 32.2. The summed E-state index contributed by atoms with van der Waals surface area (Å²) in [5, 5.41) is 8.52. The number of hydrogen-bond acceptors (Lipinski definition) is 2. The van der Waals surface area contributed by atoms with Crippen molar-refractivity contribution in [1.82, 2.24) is 0 Å². The number of aryl methyl sites for hydroxylation is 1. The Morgan fingerprint density at radius 2 is 2.00 bits per heavy atom. The molecule has 0 aliphatic heterocycles. The van der Waals surface area contributed by atoms with Crippen molar-refractivity contribution in [1.29, 1.82) is 0 Å². The van der Waals surface area contributed by atoms with Gasteiger partial charge in [0.05, 0.1) is 0 Å². The summed E-state index contributed by atoms with van der Waals surface area (Å²) in [5.74, 6) is -4.67. The third kappa shape index (κ3) is 3.96. The van der Waals surface area contributed by atoms with Gasteiger partial charge in [-0.25, -0.2) is 0 Å². The summed E-state index contributed by atoms with van der Waals surface area (Å²) in [6, 6.07) is 6.93. The Kier molecular flexibility index (Phi) is 4.45. The molecule has 0 aliphatic rings. The Hall–Kier alpha value is -1.17. The molecule has 2 nitrogen and oxygen atoms in total. The van der Waals surface area contributed by atoms with Crippen LogP contribution in [0, 0.1) is 12.8 Å². The van der Waals surface area contributed by atoms with Gasteiger partial charge < -0.3 is 5.11 Å². The van der Waals surface area contributed by atoms with Gasteiger partial charge in [0.25, 0.3) is 0 Å². The second-order valence-electron chi connectivity index (χ2n) is 3.51. The number of rotatable bonds is 4. The first-order valence-electron chi connectivity index (χ1n) is 4.80. The molecule has 1 rings (SSSR count). The van der Waals surface area contributed by atoms with Crippen molar-refractivity contribution in [3.8, 4) is 0 Å².